The molecule has 0 saturated carbocycles. The molecule has 0 nitrogen and oxygen atoms in total. The minimum Gasteiger partial charge on any atom is -0.207 e. The van der Waals surface area contributed by atoms with Gasteiger partial charge in [-0.15, -0.1) is 0 Å². The van der Waals surface area contributed by atoms with Gasteiger partial charge < -0.3 is 0 Å². The largest absolute Gasteiger partial charge is 0.207 e. The van der Waals surface area contributed by atoms with Crippen molar-refractivity contribution in [3.63, 3.8) is 0 Å². The fourth-order valence-electron chi connectivity index (χ4n) is 1.71. The average molecular weight is 253 g/mol. The Kier molecular flexibility index (Phi) is 3.16. The van der Waals surface area contributed by atoms with Crippen molar-refractivity contribution in [1.82, 2.24) is 0 Å². The zero-order valence-electron chi connectivity index (χ0n) is 9.52. The molecule has 0 unspecified atom stereocenters. The number of rotatable bonds is 1. The molecule has 0 aliphatic heterocycles. The number of hydrogen-bond donors (Lipinski definition) is 0. The highest BCUT2D eigenvalue weighted by Crippen LogP contribution is 2.32. The van der Waals surface area contributed by atoms with Crippen LogP contribution in [0.15, 0.2) is 30.3 Å². The quantitative estimate of drug-likeness (QED) is 0.677. The van der Waals surface area contributed by atoms with Gasteiger partial charge in [0.25, 0.3) is 0 Å². The average Bonchev–Trinajstić information content (AvgIpc) is 2.27. The van der Waals surface area contributed by atoms with Crippen LogP contribution in [0.4, 0.5) is 8.78 Å². The summed E-state index contributed by atoms with van der Waals surface area (Å²) in [5.41, 5.74) is 2.30. The topological polar surface area (TPSA) is 0 Å². The lowest BCUT2D eigenvalue weighted by atomic mass is 10.0. The van der Waals surface area contributed by atoms with E-state index in [0.717, 1.165) is 11.6 Å². The Bertz CT molecular complexity index is 577. The maximum Gasteiger partial charge on any atom is 0.134 e. The second kappa shape index (κ2) is 4.46. The van der Waals surface area contributed by atoms with E-state index in [1.807, 2.05) is 13.0 Å². The molecule has 0 N–H and O–H groups in total. The fourth-order valence-corrected chi connectivity index (χ4v) is 1.93. The highest BCUT2D eigenvalue weighted by Gasteiger charge is 2.12. The number of halogens is 3. The molecule has 3 heteroatoms. The minimum atomic E-state index is -0.597. The van der Waals surface area contributed by atoms with Crippen LogP contribution in [0.5, 0.6) is 0 Å². The Labute approximate surface area is 104 Å². The van der Waals surface area contributed by atoms with E-state index in [9.17, 15) is 8.78 Å². The lowest BCUT2D eigenvalue weighted by Crippen LogP contribution is -1.91. The van der Waals surface area contributed by atoms with Gasteiger partial charge in [-0.1, -0.05) is 23.2 Å². The standard InChI is InChI=1S/C14H11ClF2/c1-8-3-4-12(15)10(5-8)11-6-9(2)13(16)7-14(11)17/h3-7H,1-2H3. The molecule has 0 saturated heterocycles. The molecule has 0 amide bonds. The molecule has 0 heterocycles. The molecule has 0 fully saturated rings. The first kappa shape index (κ1) is 12.1. The van der Waals surface area contributed by atoms with Gasteiger partial charge >= 0.3 is 0 Å². The number of hydrogen-bond acceptors (Lipinski definition) is 0. The normalized spacial score (nSPS) is 10.6. The summed E-state index contributed by atoms with van der Waals surface area (Å²) in [7, 11) is 0. The Morgan fingerprint density at radius 1 is 0.882 bits per heavy atom. The third kappa shape index (κ3) is 2.32. The Hall–Kier alpha value is -1.41. The Morgan fingerprint density at radius 2 is 1.59 bits per heavy atom. The van der Waals surface area contributed by atoms with Crippen molar-refractivity contribution >= 4 is 11.6 Å². The molecule has 17 heavy (non-hydrogen) atoms. The summed E-state index contributed by atoms with van der Waals surface area (Å²) >= 11 is 6.03. The molecule has 88 valence electrons. The summed E-state index contributed by atoms with van der Waals surface area (Å²) in [5.74, 6) is -1.14. The molecule has 0 radical (unpaired) electrons. The summed E-state index contributed by atoms with van der Waals surface area (Å²) in [5, 5.41) is 0.459. The fraction of sp³-hybridized carbons (Fsp3) is 0.143. The van der Waals surface area contributed by atoms with Crippen LogP contribution in [-0.2, 0) is 0 Å². The van der Waals surface area contributed by atoms with Crippen LogP contribution >= 0.6 is 11.6 Å². The molecule has 0 spiro atoms. The van der Waals surface area contributed by atoms with Crippen molar-refractivity contribution in [3.05, 3.63) is 58.1 Å². The summed E-state index contributed by atoms with van der Waals surface area (Å²) in [6.45, 7) is 3.50. The second-order valence-electron chi connectivity index (χ2n) is 4.06. The van der Waals surface area contributed by atoms with E-state index in [1.54, 1.807) is 19.1 Å². The molecule has 0 aliphatic carbocycles. The van der Waals surface area contributed by atoms with Gasteiger partial charge in [0.1, 0.15) is 11.6 Å². The summed E-state index contributed by atoms with van der Waals surface area (Å²) in [6.07, 6.45) is 0. The van der Waals surface area contributed by atoms with Crippen molar-refractivity contribution < 1.29 is 8.78 Å². The first-order valence-corrected chi connectivity index (χ1v) is 5.59. The van der Waals surface area contributed by atoms with E-state index >= 15 is 0 Å². The van der Waals surface area contributed by atoms with Gasteiger partial charge in [0.15, 0.2) is 0 Å². The van der Waals surface area contributed by atoms with Gasteiger partial charge in [-0.2, -0.15) is 0 Å². The molecular weight excluding hydrogens is 242 g/mol. The second-order valence-corrected chi connectivity index (χ2v) is 4.47. The molecule has 2 aromatic carbocycles. The van der Waals surface area contributed by atoms with Gasteiger partial charge in [0.2, 0.25) is 0 Å². The van der Waals surface area contributed by atoms with Crippen LogP contribution in [0.25, 0.3) is 11.1 Å². The van der Waals surface area contributed by atoms with Crippen molar-refractivity contribution in [2.45, 2.75) is 13.8 Å². The highest BCUT2D eigenvalue weighted by molar-refractivity contribution is 6.33. The first-order chi connectivity index (χ1) is 7.99. The van der Waals surface area contributed by atoms with Gasteiger partial charge in [-0.3, -0.25) is 0 Å². The van der Waals surface area contributed by atoms with Gasteiger partial charge in [0, 0.05) is 22.2 Å². The predicted molar refractivity (Wildman–Crippen MR) is 66.3 cm³/mol. The van der Waals surface area contributed by atoms with Gasteiger partial charge in [-0.25, -0.2) is 8.78 Å². The zero-order valence-corrected chi connectivity index (χ0v) is 10.3. The third-order valence-electron chi connectivity index (χ3n) is 2.66. The first-order valence-electron chi connectivity index (χ1n) is 5.21. The van der Waals surface area contributed by atoms with Crippen LogP contribution < -0.4 is 0 Å². The van der Waals surface area contributed by atoms with E-state index in [0.29, 0.717) is 21.7 Å². The molecule has 2 aromatic rings. The SMILES string of the molecule is Cc1ccc(Cl)c(-c2cc(C)c(F)cc2F)c1. The molecule has 0 aromatic heterocycles. The maximum atomic E-state index is 13.7. The van der Waals surface area contributed by atoms with Crippen molar-refractivity contribution in [2.75, 3.05) is 0 Å². The van der Waals surface area contributed by atoms with E-state index in [4.69, 9.17) is 11.6 Å². The van der Waals surface area contributed by atoms with Crippen LogP contribution in [0, 0.1) is 25.5 Å². The Balaban J connectivity index is 2.68. The molecular formula is C14H11ClF2. The summed E-state index contributed by atoms with van der Waals surface area (Å²) in [4.78, 5) is 0. The van der Waals surface area contributed by atoms with Crippen molar-refractivity contribution in [2.24, 2.45) is 0 Å². The van der Waals surface area contributed by atoms with Gasteiger partial charge in [-0.05, 0) is 37.6 Å². The number of benzene rings is 2. The predicted octanol–water partition coefficient (Wildman–Crippen LogP) is 4.90. The molecule has 0 aliphatic rings. The molecule has 0 atom stereocenters. The van der Waals surface area contributed by atoms with Crippen molar-refractivity contribution in [1.29, 1.82) is 0 Å². The van der Waals surface area contributed by atoms with E-state index < -0.39 is 11.6 Å². The van der Waals surface area contributed by atoms with E-state index in [-0.39, 0.29) is 0 Å². The summed E-state index contributed by atoms with van der Waals surface area (Å²) in [6, 6.07) is 7.72. The van der Waals surface area contributed by atoms with Gasteiger partial charge in [0.05, 0.1) is 0 Å². The van der Waals surface area contributed by atoms with Crippen LogP contribution in [0.3, 0.4) is 0 Å². The zero-order chi connectivity index (χ0) is 12.6. The monoisotopic (exact) mass is 252 g/mol. The third-order valence-corrected chi connectivity index (χ3v) is 2.99. The lowest BCUT2D eigenvalue weighted by Gasteiger charge is -2.09. The minimum absolute atomic E-state index is 0.331. The van der Waals surface area contributed by atoms with Crippen molar-refractivity contribution in [3.8, 4) is 11.1 Å². The van der Waals surface area contributed by atoms with Crippen LogP contribution in [0.1, 0.15) is 11.1 Å². The summed E-state index contributed by atoms with van der Waals surface area (Å²) < 4.78 is 26.9. The van der Waals surface area contributed by atoms with Crippen LogP contribution in [-0.4, -0.2) is 0 Å². The number of aryl methyl sites for hydroxylation is 2. The van der Waals surface area contributed by atoms with E-state index in [1.165, 1.54) is 6.07 Å². The van der Waals surface area contributed by atoms with E-state index in [2.05, 4.69) is 0 Å². The Morgan fingerprint density at radius 3 is 2.29 bits per heavy atom. The smallest absolute Gasteiger partial charge is 0.134 e. The highest BCUT2D eigenvalue weighted by atomic mass is 35.5. The maximum absolute atomic E-state index is 13.7. The molecule has 2 rings (SSSR count). The van der Waals surface area contributed by atoms with Crippen LogP contribution in [0.2, 0.25) is 5.02 Å². The lowest BCUT2D eigenvalue weighted by molar-refractivity contribution is 0.579. The molecule has 0 bridgehead atoms.